The zero-order valence-electron chi connectivity index (χ0n) is 7.25. The molecule has 0 aromatic rings. The first-order valence-corrected chi connectivity index (χ1v) is 4.16. The molecule has 3 N–H and O–H groups in total. The van der Waals surface area contributed by atoms with Crippen molar-refractivity contribution in [2.75, 3.05) is 26.9 Å². The normalized spacial score (nSPS) is 24.8. The molecule has 1 saturated heterocycles. The molecular formula is C8H19NO2. The van der Waals surface area contributed by atoms with Crippen molar-refractivity contribution in [1.29, 1.82) is 0 Å². The molecule has 1 heterocycles. The third-order valence-corrected chi connectivity index (χ3v) is 1.84. The number of rotatable bonds is 1. The molecule has 1 rings (SSSR count). The van der Waals surface area contributed by atoms with Gasteiger partial charge in [0.25, 0.3) is 0 Å². The molecule has 1 atom stereocenters. The Labute approximate surface area is 68.5 Å². The van der Waals surface area contributed by atoms with Crippen LogP contribution in [0.4, 0.5) is 0 Å². The number of hydrogen-bond acceptors (Lipinski definition) is 3. The fourth-order valence-electron chi connectivity index (χ4n) is 1.16. The van der Waals surface area contributed by atoms with Gasteiger partial charge < -0.3 is 15.6 Å². The summed E-state index contributed by atoms with van der Waals surface area (Å²) >= 11 is 0. The lowest BCUT2D eigenvalue weighted by atomic mass is 10.1. The van der Waals surface area contributed by atoms with Crippen LogP contribution >= 0.6 is 0 Å². The first kappa shape index (κ1) is 10.9. The summed E-state index contributed by atoms with van der Waals surface area (Å²) in [5, 5.41) is 7.00. The molecular weight excluding hydrogens is 142 g/mol. The van der Waals surface area contributed by atoms with E-state index in [1.165, 1.54) is 19.3 Å². The molecule has 1 aliphatic rings. The van der Waals surface area contributed by atoms with E-state index in [1.807, 2.05) is 0 Å². The van der Waals surface area contributed by atoms with Crippen molar-refractivity contribution in [3.8, 4) is 0 Å². The van der Waals surface area contributed by atoms with Crippen molar-refractivity contribution < 1.29 is 9.84 Å². The van der Waals surface area contributed by atoms with Gasteiger partial charge in [-0.15, -0.1) is 0 Å². The molecule has 0 bridgehead atoms. The largest absolute Gasteiger partial charge is 0.400 e. The van der Waals surface area contributed by atoms with Gasteiger partial charge >= 0.3 is 0 Å². The molecule has 0 radical (unpaired) electrons. The zero-order valence-corrected chi connectivity index (χ0v) is 7.25. The zero-order chi connectivity index (χ0) is 8.53. The van der Waals surface area contributed by atoms with Crippen LogP contribution in [0.15, 0.2) is 0 Å². The van der Waals surface area contributed by atoms with Crippen LogP contribution in [0, 0.1) is 5.92 Å². The van der Waals surface area contributed by atoms with E-state index in [2.05, 4.69) is 0 Å². The lowest BCUT2D eigenvalue weighted by Crippen LogP contribution is -2.17. The second kappa shape index (κ2) is 7.98. The summed E-state index contributed by atoms with van der Waals surface area (Å²) in [6, 6.07) is 0. The summed E-state index contributed by atoms with van der Waals surface area (Å²) in [6.07, 6.45) is 3.77. The van der Waals surface area contributed by atoms with E-state index in [0.717, 1.165) is 26.9 Å². The maximum absolute atomic E-state index is 7.00. The van der Waals surface area contributed by atoms with Crippen LogP contribution in [-0.2, 0) is 4.74 Å². The third kappa shape index (κ3) is 5.18. The minimum atomic E-state index is 0.632. The molecule has 1 unspecified atom stereocenters. The molecule has 0 spiro atoms. The number of nitrogens with two attached hydrogens (primary N) is 1. The molecule has 0 aliphatic carbocycles. The van der Waals surface area contributed by atoms with E-state index >= 15 is 0 Å². The summed E-state index contributed by atoms with van der Waals surface area (Å²) in [5.74, 6) is 0.632. The van der Waals surface area contributed by atoms with Gasteiger partial charge in [-0.2, -0.15) is 0 Å². The molecule has 0 amide bonds. The maximum atomic E-state index is 7.00. The van der Waals surface area contributed by atoms with Gasteiger partial charge in [-0.1, -0.05) is 6.42 Å². The minimum Gasteiger partial charge on any atom is -0.400 e. The molecule has 3 nitrogen and oxygen atoms in total. The molecule has 0 aromatic carbocycles. The minimum absolute atomic E-state index is 0.632. The lowest BCUT2D eigenvalue weighted by molar-refractivity contribution is 0.118. The highest BCUT2D eigenvalue weighted by molar-refractivity contribution is 4.61. The molecule has 3 heteroatoms. The van der Waals surface area contributed by atoms with Crippen molar-refractivity contribution in [2.24, 2.45) is 11.7 Å². The predicted octanol–water partition coefficient (Wildman–Crippen LogP) is 0.370. The van der Waals surface area contributed by atoms with E-state index < -0.39 is 0 Å². The summed E-state index contributed by atoms with van der Waals surface area (Å²) in [5.41, 5.74) is 5.49. The van der Waals surface area contributed by atoms with Crippen LogP contribution < -0.4 is 5.73 Å². The predicted molar refractivity (Wildman–Crippen MR) is 45.4 cm³/mol. The van der Waals surface area contributed by atoms with Gasteiger partial charge in [0, 0.05) is 13.7 Å². The van der Waals surface area contributed by atoms with Gasteiger partial charge in [-0.05, 0) is 25.3 Å². The highest BCUT2D eigenvalue weighted by atomic mass is 16.5. The number of aliphatic hydroxyl groups is 1. The van der Waals surface area contributed by atoms with Crippen molar-refractivity contribution in [1.82, 2.24) is 0 Å². The van der Waals surface area contributed by atoms with Crippen molar-refractivity contribution in [3.63, 3.8) is 0 Å². The van der Waals surface area contributed by atoms with Gasteiger partial charge in [0.15, 0.2) is 0 Å². The smallest absolute Gasteiger partial charge is 0.0506 e. The Bertz CT molecular complexity index is 70.5. The van der Waals surface area contributed by atoms with Gasteiger partial charge in [-0.3, -0.25) is 0 Å². The van der Waals surface area contributed by atoms with Crippen molar-refractivity contribution >= 4 is 0 Å². The Morgan fingerprint density at radius 3 is 2.82 bits per heavy atom. The highest BCUT2D eigenvalue weighted by Crippen LogP contribution is 2.11. The van der Waals surface area contributed by atoms with Crippen LogP contribution in [0.3, 0.4) is 0 Å². The fourth-order valence-corrected chi connectivity index (χ4v) is 1.16. The maximum Gasteiger partial charge on any atom is 0.0506 e. The number of aliphatic hydroxyl groups excluding tert-OH is 1. The van der Waals surface area contributed by atoms with E-state index in [4.69, 9.17) is 15.6 Å². The Morgan fingerprint density at radius 2 is 2.18 bits per heavy atom. The van der Waals surface area contributed by atoms with Gasteiger partial charge in [0.05, 0.1) is 6.61 Å². The molecule has 68 valence electrons. The summed E-state index contributed by atoms with van der Waals surface area (Å²) in [7, 11) is 1.00. The molecule has 1 aliphatic heterocycles. The Balaban J connectivity index is 0.000000461. The van der Waals surface area contributed by atoms with Crippen LogP contribution in [0.2, 0.25) is 0 Å². The quantitative estimate of drug-likeness (QED) is 0.584. The van der Waals surface area contributed by atoms with Crippen LogP contribution in [-0.4, -0.2) is 32.0 Å². The molecule has 0 aromatic heterocycles. The average Bonchev–Trinajstić information content (AvgIpc) is 2.35. The Kier molecular flexibility index (Phi) is 7.89. The highest BCUT2D eigenvalue weighted by Gasteiger charge is 2.09. The van der Waals surface area contributed by atoms with Gasteiger partial charge in [0.2, 0.25) is 0 Å². The Hall–Kier alpha value is -0.120. The second-order valence-electron chi connectivity index (χ2n) is 2.67. The summed E-state index contributed by atoms with van der Waals surface area (Å²) in [4.78, 5) is 0. The van der Waals surface area contributed by atoms with E-state index in [-0.39, 0.29) is 0 Å². The summed E-state index contributed by atoms with van der Waals surface area (Å²) < 4.78 is 5.32. The fraction of sp³-hybridized carbons (Fsp3) is 1.00. The van der Waals surface area contributed by atoms with E-state index in [0.29, 0.717) is 5.92 Å². The molecule has 11 heavy (non-hydrogen) atoms. The SMILES string of the molecule is CO.NCC1CCCCOC1. The van der Waals surface area contributed by atoms with Gasteiger partial charge in [-0.25, -0.2) is 0 Å². The molecule has 0 saturated carbocycles. The van der Waals surface area contributed by atoms with E-state index in [9.17, 15) is 0 Å². The van der Waals surface area contributed by atoms with Crippen LogP contribution in [0.25, 0.3) is 0 Å². The van der Waals surface area contributed by atoms with Crippen molar-refractivity contribution in [2.45, 2.75) is 19.3 Å². The summed E-state index contributed by atoms with van der Waals surface area (Å²) in [6.45, 7) is 2.62. The van der Waals surface area contributed by atoms with Crippen molar-refractivity contribution in [3.05, 3.63) is 0 Å². The Morgan fingerprint density at radius 1 is 1.45 bits per heavy atom. The monoisotopic (exact) mass is 161 g/mol. The van der Waals surface area contributed by atoms with Crippen LogP contribution in [0.5, 0.6) is 0 Å². The first-order chi connectivity index (χ1) is 5.43. The topological polar surface area (TPSA) is 55.5 Å². The number of ether oxygens (including phenoxy) is 1. The van der Waals surface area contributed by atoms with Crippen LogP contribution in [0.1, 0.15) is 19.3 Å². The first-order valence-electron chi connectivity index (χ1n) is 4.16. The van der Waals surface area contributed by atoms with E-state index in [1.54, 1.807) is 0 Å². The number of hydrogen-bond donors (Lipinski definition) is 2. The van der Waals surface area contributed by atoms with Gasteiger partial charge in [0.1, 0.15) is 0 Å². The third-order valence-electron chi connectivity index (χ3n) is 1.84. The lowest BCUT2D eigenvalue weighted by Gasteiger charge is -2.08. The second-order valence-corrected chi connectivity index (χ2v) is 2.67. The molecule has 1 fully saturated rings. The standard InChI is InChI=1S/C7H15NO.CH4O/c8-5-7-3-1-2-4-9-6-7;1-2/h7H,1-6,8H2;2H,1H3. The average molecular weight is 161 g/mol.